The lowest BCUT2D eigenvalue weighted by atomic mass is 9.99. The molecule has 1 aliphatic rings. The number of unbranched alkanes of at least 4 members (excludes halogenated alkanes) is 23. The normalized spacial score (nSPS) is 20.4. The van der Waals surface area contributed by atoms with E-state index in [1.807, 2.05) is 0 Å². The quantitative estimate of drug-likeness (QED) is 0.0198. The molecule has 0 spiro atoms. The lowest BCUT2D eigenvalue weighted by Crippen LogP contribution is -2.60. The molecule has 1 aliphatic heterocycles. The van der Waals surface area contributed by atoms with Gasteiger partial charge in [-0.05, 0) is 44.9 Å². The Kier molecular flexibility index (Phi) is 37.5. The van der Waals surface area contributed by atoms with E-state index in [1.54, 1.807) is 0 Å². The summed E-state index contributed by atoms with van der Waals surface area (Å²) >= 11 is 0. The number of allylic oxidation sites excluding steroid dienone is 6. The average molecular weight is 889 g/mol. The monoisotopic (exact) mass is 889 g/mol. The van der Waals surface area contributed by atoms with Gasteiger partial charge in [-0.1, -0.05) is 185 Å². The molecule has 6 unspecified atom stereocenters. The fraction of sp³-hybridized carbons (Fsp3) is 0.854. The van der Waals surface area contributed by atoms with Crippen molar-refractivity contribution >= 4 is 16.4 Å². The Morgan fingerprint density at radius 3 is 1.66 bits per heavy atom. The van der Waals surface area contributed by atoms with Crippen molar-refractivity contribution < 1.29 is 56.2 Å². The molecule has 61 heavy (non-hydrogen) atoms. The van der Waals surface area contributed by atoms with Gasteiger partial charge in [-0.2, -0.15) is 8.42 Å². The van der Waals surface area contributed by atoms with E-state index in [1.165, 1.54) is 103 Å². The molecule has 358 valence electrons. The summed E-state index contributed by atoms with van der Waals surface area (Å²) in [5.41, 5.74) is 0. The summed E-state index contributed by atoms with van der Waals surface area (Å²) in [4.78, 5) is 12.9. The maximum absolute atomic E-state index is 12.9. The maximum Gasteiger partial charge on any atom is 0.397 e. The summed E-state index contributed by atoms with van der Waals surface area (Å²) in [6.07, 6.45) is 37.5. The first-order valence-electron chi connectivity index (χ1n) is 24.2. The highest BCUT2D eigenvalue weighted by atomic mass is 32.3. The van der Waals surface area contributed by atoms with Crippen molar-refractivity contribution in [3.63, 3.8) is 0 Å². The minimum absolute atomic E-state index is 0.0316. The van der Waals surface area contributed by atoms with Gasteiger partial charge in [0.2, 0.25) is 0 Å². The number of carbonyl (C=O) groups excluding carboxylic acids is 1. The molecule has 6 atom stereocenters. The van der Waals surface area contributed by atoms with Gasteiger partial charge >= 0.3 is 16.4 Å². The number of hydrogen-bond acceptors (Lipinski definition) is 11. The SMILES string of the molecule is CC/C=C\C/C=C\C/C=C\CCCCCCCC(=O)OC(COCCCCCCCCCCCCCCCCCCCCC)COC1OC(CO)C(O)C(OS(=O)(=O)O)C1O. The Bertz CT molecular complexity index is 1210. The minimum Gasteiger partial charge on any atom is -0.457 e. The second-order valence-corrected chi connectivity index (χ2v) is 17.7. The highest BCUT2D eigenvalue weighted by Crippen LogP contribution is 2.26. The molecule has 12 nitrogen and oxygen atoms in total. The third-order valence-corrected chi connectivity index (χ3v) is 11.5. The standard InChI is InChI=1S/C48H88O12S/c1-3-5-7-9-11-13-15-17-19-20-21-22-24-26-28-30-32-34-36-38-56-40-42(41-57-48-46(52)47(60-61(53,54)55)45(51)43(39-49)59-48)58-44(50)37-35-33-31-29-27-25-23-18-16-14-12-10-8-6-4-2/h6,8,12,14,18,23,42-43,45-49,51-52H,3-5,7,9-11,13,15-17,19-22,24-41H2,1-2H3,(H,53,54,55)/b8-6-,14-12-,23-18-. The fourth-order valence-corrected chi connectivity index (χ4v) is 7.90. The molecule has 1 saturated heterocycles. The molecule has 0 aromatic rings. The van der Waals surface area contributed by atoms with Crippen LogP contribution in [0.25, 0.3) is 0 Å². The van der Waals surface area contributed by atoms with Gasteiger partial charge in [0.05, 0.1) is 19.8 Å². The van der Waals surface area contributed by atoms with E-state index < -0.39 is 59.8 Å². The van der Waals surface area contributed by atoms with Crippen LogP contribution in [0.15, 0.2) is 36.5 Å². The van der Waals surface area contributed by atoms with E-state index in [0.717, 1.165) is 70.6 Å². The lowest BCUT2D eigenvalue weighted by molar-refractivity contribution is -0.301. The molecule has 1 heterocycles. The Balaban J connectivity index is 2.38. The second kappa shape index (κ2) is 39.9. The molecule has 0 bridgehead atoms. The summed E-state index contributed by atoms with van der Waals surface area (Å²) in [5, 5.41) is 30.7. The molecule has 0 aliphatic carbocycles. The van der Waals surface area contributed by atoms with E-state index in [2.05, 4.69) is 54.5 Å². The van der Waals surface area contributed by atoms with Crippen LogP contribution in [0, 0.1) is 0 Å². The Labute approximate surface area is 371 Å². The van der Waals surface area contributed by atoms with Crippen LogP contribution >= 0.6 is 0 Å². The van der Waals surface area contributed by atoms with Gasteiger partial charge in [-0.25, -0.2) is 4.18 Å². The van der Waals surface area contributed by atoms with Crippen LogP contribution < -0.4 is 0 Å². The van der Waals surface area contributed by atoms with E-state index in [-0.39, 0.29) is 19.6 Å². The second-order valence-electron chi connectivity index (χ2n) is 16.7. The smallest absolute Gasteiger partial charge is 0.397 e. The van der Waals surface area contributed by atoms with E-state index >= 15 is 0 Å². The van der Waals surface area contributed by atoms with Gasteiger partial charge in [0.15, 0.2) is 6.29 Å². The molecule has 0 amide bonds. The molecule has 1 fully saturated rings. The third-order valence-electron chi connectivity index (χ3n) is 11.0. The number of aliphatic hydroxyl groups is 3. The van der Waals surface area contributed by atoms with Gasteiger partial charge in [0.25, 0.3) is 0 Å². The average Bonchev–Trinajstić information content (AvgIpc) is 3.23. The first-order chi connectivity index (χ1) is 29.6. The van der Waals surface area contributed by atoms with E-state index in [4.69, 9.17) is 18.9 Å². The molecular weight excluding hydrogens is 801 g/mol. The Hall–Kier alpha value is -1.68. The van der Waals surface area contributed by atoms with E-state index in [0.29, 0.717) is 13.0 Å². The first-order valence-corrected chi connectivity index (χ1v) is 25.6. The molecule has 0 aromatic heterocycles. The number of carbonyl (C=O) groups is 1. The van der Waals surface area contributed by atoms with Gasteiger partial charge in [0, 0.05) is 13.0 Å². The van der Waals surface area contributed by atoms with Crippen LogP contribution in [-0.4, -0.2) is 97.5 Å². The van der Waals surface area contributed by atoms with E-state index in [9.17, 15) is 33.1 Å². The highest BCUT2D eigenvalue weighted by molar-refractivity contribution is 7.80. The zero-order chi connectivity index (χ0) is 44.7. The van der Waals surface area contributed by atoms with Crippen LogP contribution in [0.2, 0.25) is 0 Å². The van der Waals surface area contributed by atoms with Crippen molar-refractivity contribution in [2.24, 2.45) is 0 Å². The number of aliphatic hydroxyl groups excluding tert-OH is 3. The molecule has 1 rings (SSSR count). The van der Waals surface area contributed by atoms with Gasteiger partial charge in [0.1, 0.15) is 30.5 Å². The zero-order valence-corrected chi connectivity index (χ0v) is 39.0. The van der Waals surface area contributed by atoms with Crippen molar-refractivity contribution in [2.75, 3.05) is 26.4 Å². The number of esters is 1. The number of hydrogen-bond donors (Lipinski definition) is 4. The topological polar surface area (TPSA) is 178 Å². The largest absolute Gasteiger partial charge is 0.457 e. The van der Waals surface area contributed by atoms with Crippen LogP contribution in [0.3, 0.4) is 0 Å². The van der Waals surface area contributed by atoms with Crippen molar-refractivity contribution in [3.05, 3.63) is 36.5 Å². The van der Waals surface area contributed by atoms with Crippen molar-refractivity contribution in [1.82, 2.24) is 0 Å². The molecule has 0 radical (unpaired) electrons. The lowest BCUT2D eigenvalue weighted by Gasteiger charge is -2.41. The zero-order valence-electron chi connectivity index (χ0n) is 38.2. The van der Waals surface area contributed by atoms with Crippen LogP contribution in [0.1, 0.15) is 200 Å². The molecular formula is C48H88O12S. The predicted octanol–water partition coefficient (Wildman–Crippen LogP) is 10.6. The summed E-state index contributed by atoms with van der Waals surface area (Å²) in [7, 11) is -5.06. The highest BCUT2D eigenvalue weighted by Gasteiger charge is 2.48. The summed E-state index contributed by atoms with van der Waals surface area (Å²) in [5.74, 6) is -0.414. The molecule has 4 N–H and O–H groups in total. The predicted molar refractivity (Wildman–Crippen MR) is 243 cm³/mol. The summed E-state index contributed by atoms with van der Waals surface area (Å²) in [6, 6.07) is 0. The van der Waals surface area contributed by atoms with Gasteiger partial charge in [-0.3, -0.25) is 9.35 Å². The third kappa shape index (κ3) is 33.5. The summed E-state index contributed by atoms with van der Waals surface area (Å²) < 4.78 is 59.1. The molecule has 0 aromatic carbocycles. The molecule has 0 saturated carbocycles. The van der Waals surface area contributed by atoms with Crippen LogP contribution in [-0.2, 0) is 38.3 Å². The number of ether oxygens (including phenoxy) is 4. The van der Waals surface area contributed by atoms with Crippen molar-refractivity contribution in [2.45, 2.75) is 237 Å². The maximum atomic E-state index is 12.9. The van der Waals surface area contributed by atoms with Crippen LogP contribution in [0.5, 0.6) is 0 Å². The Morgan fingerprint density at radius 2 is 1.13 bits per heavy atom. The minimum atomic E-state index is -5.06. The van der Waals surface area contributed by atoms with Crippen molar-refractivity contribution in [3.8, 4) is 0 Å². The first kappa shape index (κ1) is 57.3. The molecule has 13 heteroatoms. The Morgan fingerprint density at radius 1 is 0.639 bits per heavy atom. The fourth-order valence-electron chi connectivity index (χ4n) is 7.39. The number of rotatable bonds is 42. The van der Waals surface area contributed by atoms with Gasteiger partial charge in [-0.15, -0.1) is 0 Å². The van der Waals surface area contributed by atoms with Crippen LogP contribution in [0.4, 0.5) is 0 Å². The van der Waals surface area contributed by atoms with Gasteiger partial charge < -0.3 is 34.3 Å². The van der Waals surface area contributed by atoms with Crippen molar-refractivity contribution in [1.29, 1.82) is 0 Å². The summed E-state index contributed by atoms with van der Waals surface area (Å²) in [6.45, 7) is 3.88.